The van der Waals surface area contributed by atoms with Gasteiger partial charge in [-0.3, -0.25) is 14.4 Å². The molecule has 8 heteroatoms. The summed E-state index contributed by atoms with van der Waals surface area (Å²) in [4.78, 5) is 36.4. The minimum absolute atomic E-state index is 0.0184. The normalized spacial score (nSPS) is 20.0. The highest BCUT2D eigenvalue weighted by molar-refractivity contribution is 6.30. The van der Waals surface area contributed by atoms with Crippen LogP contribution in [-0.4, -0.2) is 41.4 Å². The molecule has 1 aromatic rings. The summed E-state index contributed by atoms with van der Waals surface area (Å²) in [5.74, 6) is -2.59. The van der Waals surface area contributed by atoms with E-state index in [0.717, 1.165) is 0 Å². The van der Waals surface area contributed by atoms with Gasteiger partial charge in [-0.15, -0.1) is 0 Å². The number of benzene rings is 1. The molecule has 0 aromatic heterocycles. The second kappa shape index (κ2) is 8.29. The zero-order valence-corrected chi connectivity index (χ0v) is 14.6. The van der Waals surface area contributed by atoms with Crippen LogP contribution in [0.2, 0.25) is 5.02 Å². The number of amides is 2. The lowest BCUT2D eigenvalue weighted by molar-refractivity contribution is -0.137. The van der Waals surface area contributed by atoms with Gasteiger partial charge >= 0.3 is 5.97 Å². The number of rotatable bonds is 7. The molecule has 136 valence electrons. The van der Waals surface area contributed by atoms with Gasteiger partial charge in [-0.1, -0.05) is 17.7 Å². The number of hydrogen-bond acceptors (Lipinski definition) is 3. The van der Waals surface area contributed by atoms with E-state index in [1.54, 1.807) is 13.1 Å². The first-order chi connectivity index (χ1) is 11.8. The van der Waals surface area contributed by atoms with Gasteiger partial charge in [0.25, 0.3) is 0 Å². The number of carbonyl (C=O) groups excluding carboxylic acids is 2. The predicted octanol–water partition coefficient (Wildman–Crippen LogP) is 2.37. The van der Waals surface area contributed by atoms with Crippen LogP contribution in [-0.2, 0) is 14.4 Å². The van der Waals surface area contributed by atoms with Crippen LogP contribution in [0.5, 0.6) is 0 Å². The highest BCUT2D eigenvalue weighted by atomic mass is 35.5. The molecule has 2 atom stereocenters. The van der Waals surface area contributed by atoms with E-state index in [1.807, 2.05) is 0 Å². The topological polar surface area (TPSA) is 86.7 Å². The van der Waals surface area contributed by atoms with Crippen LogP contribution in [0.15, 0.2) is 18.2 Å². The molecule has 0 bridgehead atoms. The van der Waals surface area contributed by atoms with Crippen molar-refractivity contribution in [1.29, 1.82) is 0 Å². The fraction of sp³-hybridized carbons (Fsp3) is 0.471. The lowest BCUT2D eigenvalue weighted by atomic mass is 9.92. The third-order valence-corrected chi connectivity index (χ3v) is 4.63. The Hall–Kier alpha value is -2.15. The van der Waals surface area contributed by atoms with Gasteiger partial charge in [0.05, 0.1) is 17.0 Å². The van der Waals surface area contributed by atoms with Crippen LogP contribution in [0.1, 0.15) is 37.3 Å². The van der Waals surface area contributed by atoms with Crippen molar-refractivity contribution in [3.8, 4) is 0 Å². The molecule has 1 aromatic carbocycles. The van der Waals surface area contributed by atoms with Crippen molar-refractivity contribution in [2.75, 3.05) is 13.6 Å². The number of carboxylic acids is 1. The monoisotopic (exact) mass is 370 g/mol. The summed E-state index contributed by atoms with van der Waals surface area (Å²) in [7, 11) is 1.58. The minimum atomic E-state index is -0.876. The highest BCUT2D eigenvalue weighted by Crippen LogP contribution is 2.38. The van der Waals surface area contributed by atoms with E-state index in [9.17, 15) is 18.8 Å². The number of unbranched alkanes of at least 4 members (excludes halogenated alkanes) is 1. The molecular formula is C17H20ClFN2O4. The van der Waals surface area contributed by atoms with Crippen LogP contribution in [0.3, 0.4) is 0 Å². The molecule has 1 aliphatic rings. The summed E-state index contributed by atoms with van der Waals surface area (Å²) < 4.78 is 13.8. The van der Waals surface area contributed by atoms with E-state index in [0.29, 0.717) is 24.9 Å². The van der Waals surface area contributed by atoms with E-state index in [4.69, 9.17) is 16.7 Å². The Kier molecular flexibility index (Phi) is 6.36. The van der Waals surface area contributed by atoms with E-state index in [-0.39, 0.29) is 29.7 Å². The molecule has 0 saturated carbocycles. The van der Waals surface area contributed by atoms with E-state index >= 15 is 0 Å². The highest BCUT2D eigenvalue weighted by Gasteiger charge is 2.42. The zero-order valence-electron chi connectivity index (χ0n) is 13.8. The maximum Gasteiger partial charge on any atom is 0.303 e. The molecular weight excluding hydrogens is 351 g/mol. The Morgan fingerprint density at radius 2 is 2.12 bits per heavy atom. The van der Waals surface area contributed by atoms with Crippen molar-refractivity contribution >= 4 is 29.4 Å². The quantitative estimate of drug-likeness (QED) is 0.721. The number of carbonyl (C=O) groups is 3. The molecule has 0 radical (unpaired) electrons. The number of halogens is 2. The number of nitrogens with one attached hydrogen (secondary N) is 1. The standard InChI is InChI=1S/C17H20ClFN2O4/c1-21-14(22)9-11(17(25)20-7-3-2-4-15(23)24)16(21)10-5-6-12(18)13(19)8-10/h5-6,8,11,16H,2-4,7,9H2,1H3,(H,20,25)(H,23,24). The molecule has 25 heavy (non-hydrogen) atoms. The van der Waals surface area contributed by atoms with Crippen LogP contribution < -0.4 is 5.32 Å². The van der Waals surface area contributed by atoms with Gasteiger partial charge in [0.15, 0.2) is 0 Å². The Morgan fingerprint density at radius 3 is 2.76 bits per heavy atom. The fourth-order valence-electron chi connectivity index (χ4n) is 3.00. The fourth-order valence-corrected chi connectivity index (χ4v) is 3.12. The number of carboxylic acid groups (broad SMARTS) is 1. The van der Waals surface area contributed by atoms with Gasteiger partial charge in [-0.2, -0.15) is 0 Å². The maximum atomic E-state index is 13.8. The summed E-state index contributed by atoms with van der Waals surface area (Å²) in [6.45, 7) is 0.336. The van der Waals surface area contributed by atoms with Crippen molar-refractivity contribution in [2.24, 2.45) is 5.92 Å². The molecule has 1 saturated heterocycles. The second-order valence-electron chi connectivity index (χ2n) is 6.08. The molecule has 2 N–H and O–H groups in total. The van der Waals surface area contributed by atoms with Gasteiger partial charge in [0, 0.05) is 26.4 Å². The molecule has 1 fully saturated rings. The van der Waals surface area contributed by atoms with Gasteiger partial charge < -0.3 is 15.3 Å². The largest absolute Gasteiger partial charge is 0.481 e. The molecule has 2 amide bonds. The van der Waals surface area contributed by atoms with Crippen LogP contribution in [0.4, 0.5) is 4.39 Å². The summed E-state index contributed by atoms with van der Waals surface area (Å²) >= 11 is 5.70. The predicted molar refractivity (Wildman–Crippen MR) is 89.5 cm³/mol. The first-order valence-electron chi connectivity index (χ1n) is 8.01. The molecule has 6 nitrogen and oxygen atoms in total. The Bertz CT molecular complexity index is 683. The summed E-state index contributed by atoms with van der Waals surface area (Å²) in [5.41, 5.74) is 0.515. The molecule has 1 aliphatic heterocycles. The first kappa shape index (κ1) is 19.2. The van der Waals surface area contributed by atoms with E-state index < -0.39 is 23.7 Å². The van der Waals surface area contributed by atoms with Crippen molar-refractivity contribution in [2.45, 2.75) is 31.7 Å². The van der Waals surface area contributed by atoms with Crippen molar-refractivity contribution in [1.82, 2.24) is 10.2 Å². The summed E-state index contributed by atoms with van der Waals surface area (Å²) in [6, 6.07) is 3.70. The lowest BCUT2D eigenvalue weighted by Crippen LogP contribution is -2.35. The maximum absolute atomic E-state index is 13.8. The van der Waals surface area contributed by atoms with Gasteiger partial charge in [-0.25, -0.2) is 4.39 Å². The number of likely N-dealkylation sites (tertiary alicyclic amines) is 1. The lowest BCUT2D eigenvalue weighted by Gasteiger charge is -2.25. The third-order valence-electron chi connectivity index (χ3n) is 4.32. The van der Waals surface area contributed by atoms with Crippen LogP contribution >= 0.6 is 11.6 Å². The Labute approximate surface area is 149 Å². The van der Waals surface area contributed by atoms with E-state index in [1.165, 1.54) is 17.0 Å². The number of nitrogens with zero attached hydrogens (tertiary/aromatic N) is 1. The van der Waals surface area contributed by atoms with Crippen LogP contribution in [0, 0.1) is 11.7 Å². The van der Waals surface area contributed by atoms with Gasteiger partial charge in [0.2, 0.25) is 11.8 Å². The van der Waals surface area contributed by atoms with Crippen LogP contribution in [0.25, 0.3) is 0 Å². The SMILES string of the molecule is CN1C(=O)CC(C(=O)NCCCCC(=O)O)C1c1ccc(Cl)c(F)c1. The Balaban J connectivity index is 2.04. The first-order valence-corrected chi connectivity index (χ1v) is 8.39. The van der Waals surface area contributed by atoms with E-state index in [2.05, 4.69) is 5.32 Å². The smallest absolute Gasteiger partial charge is 0.303 e. The molecule has 2 rings (SSSR count). The average Bonchev–Trinajstić information content (AvgIpc) is 2.85. The molecule has 0 spiro atoms. The Morgan fingerprint density at radius 1 is 1.40 bits per heavy atom. The van der Waals surface area contributed by atoms with Crippen molar-refractivity contribution in [3.05, 3.63) is 34.6 Å². The summed E-state index contributed by atoms with van der Waals surface area (Å²) in [5, 5.41) is 11.3. The molecule has 0 aliphatic carbocycles. The molecule has 2 unspecified atom stereocenters. The van der Waals surface area contributed by atoms with Gasteiger partial charge in [0.1, 0.15) is 5.82 Å². The summed E-state index contributed by atoms with van der Waals surface area (Å²) in [6.07, 6.45) is 1.10. The third kappa shape index (κ3) is 4.69. The average molecular weight is 371 g/mol. The second-order valence-corrected chi connectivity index (χ2v) is 6.48. The van der Waals surface area contributed by atoms with Gasteiger partial charge in [-0.05, 0) is 30.5 Å². The zero-order chi connectivity index (χ0) is 18.6. The number of hydrogen-bond donors (Lipinski definition) is 2. The number of aliphatic carboxylic acids is 1. The minimum Gasteiger partial charge on any atom is -0.481 e. The van der Waals surface area contributed by atoms with Crippen molar-refractivity contribution in [3.63, 3.8) is 0 Å². The van der Waals surface area contributed by atoms with Crippen molar-refractivity contribution < 1.29 is 23.9 Å². The molecule has 1 heterocycles.